The molecule has 100 valence electrons. The molecule has 0 saturated carbocycles. The molecule has 0 amide bonds. The quantitative estimate of drug-likeness (QED) is 0.868. The molecular formula is C14H20F2N2. The summed E-state index contributed by atoms with van der Waals surface area (Å²) in [7, 11) is 0. The van der Waals surface area contributed by atoms with Crippen LogP contribution in [0, 0.1) is 11.6 Å². The zero-order chi connectivity index (χ0) is 13.0. The van der Waals surface area contributed by atoms with Crippen LogP contribution in [0.4, 0.5) is 8.78 Å². The molecule has 4 heteroatoms. The number of halogens is 2. The Balaban J connectivity index is 1.77. The lowest BCUT2D eigenvalue weighted by atomic mass is 10.2. The van der Waals surface area contributed by atoms with Crippen LogP contribution in [0.5, 0.6) is 0 Å². The van der Waals surface area contributed by atoms with Crippen molar-refractivity contribution < 1.29 is 8.78 Å². The summed E-state index contributed by atoms with van der Waals surface area (Å²) in [6.45, 7) is 5.87. The molecule has 2 rings (SSSR count). The summed E-state index contributed by atoms with van der Waals surface area (Å²) < 4.78 is 26.0. The van der Waals surface area contributed by atoms with E-state index < -0.39 is 11.6 Å². The van der Waals surface area contributed by atoms with Gasteiger partial charge in [0.25, 0.3) is 0 Å². The lowest BCUT2D eigenvalue weighted by molar-refractivity contribution is 0.251. The van der Waals surface area contributed by atoms with Crippen LogP contribution in [-0.2, 0) is 6.54 Å². The van der Waals surface area contributed by atoms with Crippen molar-refractivity contribution in [2.75, 3.05) is 19.6 Å². The minimum absolute atomic E-state index is 0.478. The van der Waals surface area contributed by atoms with Gasteiger partial charge in [0.2, 0.25) is 0 Å². The van der Waals surface area contributed by atoms with Crippen molar-refractivity contribution >= 4 is 0 Å². The molecule has 0 radical (unpaired) electrons. The Morgan fingerprint density at radius 3 is 2.39 bits per heavy atom. The lowest BCUT2D eigenvalue weighted by Crippen LogP contribution is -2.38. The summed E-state index contributed by atoms with van der Waals surface area (Å²) in [4.78, 5) is 2.44. The Bertz CT molecular complexity index is 369. The number of nitrogens with zero attached hydrogens (tertiary/aromatic N) is 1. The highest BCUT2D eigenvalue weighted by Gasteiger charge is 2.17. The summed E-state index contributed by atoms with van der Waals surface area (Å²) in [6.07, 6.45) is 2.55. The van der Waals surface area contributed by atoms with Crippen LogP contribution >= 0.6 is 0 Å². The van der Waals surface area contributed by atoms with Crippen LogP contribution in [0.3, 0.4) is 0 Å². The van der Waals surface area contributed by atoms with Gasteiger partial charge in [-0.15, -0.1) is 0 Å². The van der Waals surface area contributed by atoms with E-state index in [1.54, 1.807) is 0 Å². The van der Waals surface area contributed by atoms with E-state index in [1.807, 2.05) is 0 Å². The van der Waals surface area contributed by atoms with Gasteiger partial charge in [-0.05, 0) is 50.6 Å². The fourth-order valence-electron chi connectivity index (χ4n) is 2.45. The lowest BCUT2D eigenvalue weighted by Gasteiger charge is -2.23. The van der Waals surface area contributed by atoms with Gasteiger partial charge in [0.05, 0.1) is 0 Å². The molecule has 1 aromatic carbocycles. The van der Waals surface area contributed by atoms with Crippen LogP contribution in [0.2, 0.25) is 0 Å². The van der Waals surface area contributed by atoms with E-state index in [4.69, 9.17) is 0 Å². The van der Waals surface area contributed by atoms with Crippen molar-refractivity contribution in [2.24, 2.45) is 0 Å². The fraction of sp³-hybridized carbons (Fsp3) is 0.571. The second-order valence-corrected chi connectivity index (χ2v) is 5.00. The third kappa shape index (κ3) is 3.75. The first-order chi connectivity index (χ1) is 8.65. The van der Waals surface area contributed by atoms with E-state index in [-0.39, 0.29) is 0 Å². The zero-order valence-electron chi connectivity index (χ0n) is 10.8. The van der Waals surface area contributed by atoms with Gasteiger partial charge >= 0.3 is 0 Å². The Kier molecular flexibility index (Phi) is 4.66. The molecule has 1 saturated heterocycles. The third-order valence-corrected chi connectivity index (χ3v) is 3.46. The highest BCUT2D eigenvalue weighted by atomic mass is 19.1. The molecule has 1 aromatic rings. The van der Waals surface area contributed by atoms with Crippen LogP contribution < -0.4 is 5.32 Å². The number of nitrogens with one attached hydrogen (secondary N) is 1. The Hall–Kier alpha value is -1.00. The van der Waals surface area contributed by atoms with Gasteiger partial charge in [-0.25, -0.2) is 8.78 Å². The highest BCUT2D eigenvalue weighted by molar-refractivity contribution is 5.17. The van der Waals surface area contributed by atoms with Crippen molar-refractivity contribution in [2.45, 2.75) is 32.4 Å². The molecule has 1 fully saturated rings. The maximum absolute atomic E-state index is 13.0. The van der Waals surface area contributed by atoms with Gasteiger partial charge < -0.3 is 5.32 Å². The van der Waals surface area contributed by atoms with E-state index in [9.17, 15) is 8.78 Å². The molecule has 18 heavy (non-hydrogen) atoms. The highest BCUT2D eigenvalue weighted by Crippen LogP contribution is 2.11. The van der Waals surface area contributed by atoms with Gasteiger partial charge in [0, 0.05) is 25.2 Å². The van der Waals surface area contributed by atoms with Crippen molar-refractivity contribution in [3.8, 4) is 0 Å². The first-order valence-corrected chi connectivity index (χ1v) is 6.55. The number of hydrogen-bond donors (Lipinski definition) is 1. The smallest absolute Gasteiger partial charge is 0.126 e. The van der Waals surface area contributed by atoms with E-state index >= 15 is 0 Å². The second kappa shape index (κ2) is 6.25. The summed E-state index contributed by atoms with van der Waals surface area (Å²) in [6, 6.07) is 4.12. The average Bonchev–Trinajstić information content (AvgIpc) is 2.80. The van der Waals surface area contributed by atoms with Crippen LogP contribution in [0.15, 0.2) is 18.2 Å². The fourth-order valence-corrected chi connectivity index (χ4v) is 2.45. The summed E-state index contributed by atoms with van der Waals surface area (Å²) in [5.74, 6) is -1.03. The largest absolute Gasteiger partial charge is 0.311 e. The number of benzene rings is 1. The monoisotopic (exact) mass is 254 g/mol. The van der Waals surface area contributed by atoms with Gasteiger partial charge in [0.1, 0.15) is 11.6 Å². The SMILES string of the molecule is CC(CNCc1cc(F)cc(F)c1)N1CCCC1. The summed E-state index contributed by atoms with van der Waals surface area (Å²) in [5, 5.41) is 3.26. The predicted molar refractivity (Wildman–Crippen MR) is 68.3 cm³/mol. The van der Waals surface area contributed by atoms with Crippen LogP contribution in [0.1, 0.15) is 25.3 Å². The number of hydrogen-bond acceptors (Lipinski definition) is 2. The van der Waals surface area contributed by atoms with Gasteiger partial charge in [-0.2, -0.15) is 0 Å². The Morgan fingerprint density at radius 2 is 1.78 bits per heavy atom. The van der Waals surface area contributed by atoms with E-state index in [1.165, 1.54) is 25.0 Å². The Labute approximate surface area is 107 Å². The topological polar surface area (TPSA) is 15.3 Å². The molecule has 0 spiro atoms. The van der Waals surface area contributed by atoms with E-state index in [0.29, 0.717) is 18.2 Å². The molecular weight excluding hydrogens is 234 g/mol. The molecule has 2 nitrogen and oxygen atoms in total. The van der Waals surface area contributed by atoms with Crippen molar-refractivity contribution in [3.05, 3.63) is 35.4 Å². The van der Waals surface area contributed by atoms with Crippen LogP contribution in [-0.4, -0.2) is 30.6 Å². The van der Waals surface area contributed by atoms with Crippen molar-refractivity contribution in [1.82, 2.24) is 10.2 Å². The van der Waals surface area contributed by atoms with Crippen LogP contribution in [0.25, 0.3) is 0 Å². The number of rotatable bonds is 5. The van der Waals surface area contributed by atoms with E-state index in [0.717, 1.165) is 25.7 Å². The molecule has 1 heterocycles. The summed E-state index contributed by atoms with van der Waals surface area (Å²) >= 11 is 0. The Morgan fingerprint density at radius 1 is 1.17 bits per heavy atom. The predicted octanol–water partition coefficient (Wildman–Crippen LogP) is 2.54. The molecule has 1 unspecified atom stereocenters. The third-order valence-electron chi connectivity index (χ3n) is 3.46. The zero-order valence-corrected chi connectivity index (χ0v) is 10.8. The molecule has 1 aliphatic rings. The minimum Gasteiger partial charge on any atom is -0.311 e. The van der Waals surface area contributed by atoms with Gasteiger partial charge in [-0.1, -0.05) is 0 Å². The molecule has 0 aromatic heterocycles. The molecule has 1 N–H and O–H groups in total. The molecule has 0 bridgehead atoms. The standard InChI is InChI=1S/C14H20F2N2/c1-11(18-4-2-3-5-18)9-17-10-12-6-13(15)8-14(16)7-12/h6-8,11,17H,2-5,9-10H2,1H3. The van der Waals surface area contributed by atoms with Crippen molar-refractivity contribution in [1.29, 1.82) is 0 Å². The maximum Gasteiger partial charge on any atom is 0.126 e. The second-order valence-electron chi connectivity index (χ2n) is 5.00. The first kappa shape index (κ1) is 13.4. The minimum atomic E-state index is -0.514. The first-order valence-electron chi connectivity index (χ1n) is 6.55. The molecule has 1 atom stereocenters. The van der Waals surface area contributed by atoms with Crippen molar-refractivity contribution in [3.63, 3.8) is 0 Å². The summed E-state index contributed by atoms with van der Waals surface area (Å²) in [5.41, 5.74) is 0.654. The molecule has 0 aliphatic carbocycles. The molecule has 1 aliphatic heterocycles. The van der Waals surface area contributed by atoms with E-state index in [2.05, 4.69) is 17.1 Å². The maximum atomic E-state index is 13.0. The van der Waals surface area contributed by atoms with Gasteiger partial charge in [0.15, 0.2) is 0 Å². The van der Waals surface area contributed by atoms with Gasteiger partial charge in [-0.3, -0.25) is 4.90 Å². The normalized spacial score (nSPS) is 18.2. The number of likely N-dealkylation sites (tertiary alicyclic amines) is 1. The average molecular weight is 254 g/mol.